The zero-order valence-electron chi connectivity index (χ0n) is 3.48. The average Bonchev–Trinajstić information content (AvgIpc) is 0.722. The summed E-state index contributed by atoms with van der Waals surface area (Å²) in [6.45, 7) is 0. The van der Waals surface area contributed by atoms with Gasteiger partial charge < -0.3 is 14.7 Å². The van der Waals surface area contributed by atoms with Crippen LogP contribution in [0.1, 0.15) is 0 Å². The van der Waals surface area contributed by atoms with E-state index in [2.05, 4.69) is 0 Å². The molecule has 0 amide bonds. The van der Waals surface area contributed by atoms with Gasteiger partial charge in [0.25, 0.3) is 0 Å². The molecule has 0 aliphatic carbocycles. The fourth-order valence-electron chi connectivity index (χ4n) is 0. The molecule has 49 valence electrons. The van der Waals surface area contributed by atoms with Crippen molar-refractivity contribution in [3.8, 4) is 0 Å². The molecule has 0 aliphatic heterocycles. The van der Waals surface area contributed by atoms with Crippen molar-refractivity contribution in [2.24, 2.45) is 0 Å². The molecule has 4 nitrogen and oxygen atoms in total. The van der Waals surface area contributed by atoms with Crippen LogP contribution in [0.25, 0.3) is 0 Å². The van der Waals surface area contributed by atoms with E-state index >= 15 is 0 Å². The summed E-state index contributed by atoms with van der Waals surface area (Å²) in [7, 11) is -4.64. The number of rotatable bonds is 0. The SMILES string of the molecule is O=P(O)(O)O.[Cr].[Mn].[Ti]. The molecule has 0 aromatic rings. The second-order valence-corrected chi connectivity index (χ2v) is 1.54. The van der Waals surface area contributed by atoms with Crippen molar-refractivity contribution in [3.05, 3.63) is 0 Å². The molecule has 0 fully saturated rings. The van der Waals surface area contributed by atoms with Crippen molar-refractivity contribution in [3.63, 3.8) is 0 Å². The molecule has 1 radical (unpaired) electrons. The van der Waals surface area contributed by atoms with E-state index in [0.29, 0.717) is 0 Å². The van der Waals surface area contributed by atoms with E-state index in [1.807, 2.05) is 0 Å². The van der Waals surface area contributed by atoms with E-state index in [1.165, 1.54) is 0 Å². The summed E-state index contributed by atoms with van der Waals surface area (Å²) in [6.07, 6.45) is 0. The van der Waals surface area contributed by atoms with E-state index in [0.717, 1.165) is 0 Å². The summed E-state index contributed by atoms with van der Waals surface area (Å²) in [5, 5.41) is 0. The largest absolute Gasteiger partial charge is 0.466 e. The minimum Gasteiger partial charge on any atom is -0.303 e. The van der Waals surface area contributed by atoms with Crippen LogP contribution in [0.15, 0.2) is 0 Å². The monoisotopic (exact) mass is 253 g/mol. The Morgan fingerprint density at radius 2 is 1.12 bits per heavy atom. The maximum Gasteiger partial charge on any atom is 0.466 e. The van der Waals surface area contributed by atoms with Crippen LogP contribution in [0.2, 0.25) is 0 Å². The van der Waals surface area contributed by atoms with Gasteiger partial charge in [0.1, 0.15) is 0 Å². The summed E-state index contributed by atoms with van der Waals surface area (Å²) in [6, 6.07) is 0. The average molecular weight is 253 g/mol. The maximum atomic E-state index is 8.88. The first-order valence-corrected chi connectivity index (χ1v) is 2.35. The first-order chi connectivity index (χ1) is 2.00. The summed E-state index contributed by atoms with van der Waals surface area (Å²) in [5.74, 6) is 0. The molecule has 0 saturated heterocycles. The zero-order chi connectivity index (χ0) is 4.50. The van der Waals surface area contributed by atoms with Crippen LogP contribution in [-0.2, 0) is 60.7 Å². The summed E-state index contributed by atoms with van der Waals surface area (Å²) in [4.78, 5) is 21.6. The van der Waals surface area contributed by atoms with Crippen LogP contribution in [-0.4, -0.2) is 14.7 Å². The third kappa shape index (κ3) is 106. The Morgan fingerprint density at radius 1 is 1.12 bits per heavy atom. The van der Waals surface area contributed by atoms with Gasteiger partial charge in [-0.2, -0.15) is 0 Å². The number of hydrogen-bond donors (Lipinski definition) is 3. The zero-order valence-corrected chi connectivity index (χ0v) is 8.39. The van der Waals surface area contributed by atoms with Crippen LogP contribution in [0.3, 0.4) is 0 Å². The van der Waals surface area contributed by atoms with E-state index in [4.69, 9.17) is 19.2 Å². The van der Waals surface area contributed by atoms with Gasteiger partial charge in [-0.3, -0.25) is 0 Å². The first-order valence-electron chi connectivity index (χ1n) is 0.783. The number of hydrogen-bond acceptors (Lipinski definition) is 1. The van der Waals surface area contributed by atoms with Gasteiger partial charge >= 0.3 is 7.82 Å². The molecule has 0 aliphatic rings. The molecule has 0 bridgehead atoms. The van der Waals surface area contributed by atoms with E-state index < -0.39 is 7.82 Å². The van der Waals surface area contributed by atoms with Crippen molar-refractivity contribution in [2.45, 2.75) is 0 Å². The van der Waals surface area contributed by atoms with Crippen molar-refractivity contribution in [1.29, 1.82) is 0 Å². The van der Waals surface area contributed by atoms with Crippen LogP contribution in [0.4, 0.5) is 0 Å². The minimum absolute atomic E-state index is 0. The Hall–Kier alpha value is 1.88. The Balaban J connectivity index is -0.0000000267. The van der Waals surface area contributed by atoms with Crippen LogP contribution >= 0.6 is 7.82 Å². The first kappa shape index (κ1) is 22.5. The molecule has 3 N–H and O–H groups in total. The molecule has 0 heterocycles. The predicted molar refractivity (Wildman–Crippen MR) is 14.3 cm³/mol. The fraction of sp³-hybridized carbons (Fsp3) is 0. The molecule has 0 aromatic heterocycles. The second-order valence-electron chi connectivity index (χ2n) is 0.513. The van der Waals surface area contributed by atoms with Crippen molar-refractivity contribution < 1.29 is 75.4 Å². The van der Waals surface area contributed by atoms with Gasteiger partial charge in [0.05, 0.1) is 0 Å². The van der Waals surface area contributed by atoms with Gasteiger partial charge in [0, 0.05) is 56.1 Å². The predicted octanol–water partition coefficient (Wildman–Crippen LogP) is -0.936. The Morgan fingerprint density at radius 3 is 1.12 bits per heavy atom. The second kappa shape index (κ2) is 8.88. The maximum absolute atomic E-state index is 8.88. The standard InChI is InChI=1S/Cr.Mn.H3O4P.Ti/c;;1-5(2,3)4;/h;;(H3,1,2,3,4);. The molecular weight excluding hydrogens is 250 g/mol. The summed E-state index contributed by atoms with van der Waals surface area (Å²) >= 11 is 0. The van der Waals surface area contributed by atoms with Crippen LogP contribution in [0, 0.1) is 0 Å². The van der Waals surface area contributed by atoms with Gasteiger partial charge in [-0.25, -0.2) is 4.57 Å². The van der Waals surface area contributed by atoms with Gasteiger partial charge in [-0.1, -0.05) is 0 Å². The van der Waals surface area contributed by atoms with E-state index in [-0.39, 0.29) is 56.1 Å². The molecule has 0 rings (SSSR count). The summed E-state index contributed by atoms with van der Waals surface area (Å²) in [5.41, 5.74) is 0. The minimum atomic E-state index is -4.64. The molecule has 8 heteroatoms. The molecule has 0 aromatic carbocycles. The van der Waals surface area contributed by atoms with Gasteiger partial charge in [-0.05, 0) is 0 Å². The van der Waals surface area contributed by atoms with E-state index in [9.17, 15) is 0 Å². The molecular formula is H3CrMnO4PTi. The van der Waals surface area contributed by atoms with Gasteiger partial charge in [-0.15, -0.1) is 0 Å². The van der Waals surface area contributed by atoms with Crippen molar-refractivity contribution in [2.75, 3.05) is 0 Å². The molecule has 8 heavy (non-hydrogen) atoms. The topological polar surface area (TPSA) is 77.8 Å². The Labute approximate surface area is 82.8 Å². The van der Waals surface area contributed by atoms with Crippen molar-refractivity contribution >= 4 is 7.82 Å². The van der Waals surface area contributed by atoms with E-state index in [1.54, 1.807) is 0 Å². The Kier molecular flexibility index (Phi) is 25.0. The third-order valence-corrected chi connectivity index (χ3v) is 0. The normalized spacial score (nSPS) is 7.38. The molecule has 0 atom stereocenters. The molecule has 0 unspecified atom stereocenters. The van der Waals surface area contributed by atoms with Crippen LogP contribution < -0.4 is 0 Å². The third-order valence-electron chi connectivity index (χ3n) is 0. The Bertz CT molecular complexity index is 62.2. The van der Waals surface area contributed by atoms with Gasteiger partial charge in [0.2, 0.25) is 0 Å². The quantitative estimate of drug-likeness (QED) is 0.384. The smallest absolute Gasteiger partial charge is 0.303 e. The summed E-state index contributed by atoms with van der Waals surface area (Å²) < 4.78 is 8.88. The molecule has 0 spiro atoms. The van der Waals surface area contributed by atoms with Crippen LogP contribution in [0.5, 0.6) is 0 Å². The molecule has 0 saturated carbocycles. The number of phosphoric acid groups is 1. The van der Waals surface area contributed by atoms with Crippen molar-refractivity contribution in [1.82, 2.24) is 0 Å². The van der Waals surface area contributed by atoms with Gasteiger partial charge in [0.15, 0.2) is 0 Å². The fourth-order valence-corrected chi connectivity index (χ4v) is 0.